The van der Waals surface area contributed by atoms with E-state index in [1.807, 2.05) is 0 Å². The third kappa shape index (κ3) is 4.25. The second kappa shape index (κ2) is 8.40. The average Bonchev–Trinajstić information content (AvgIpc) is 3.47. The predicted octanol–water partition coefficient (Wildman–Crippen LogP) is 5.90. The third-order valence-corrected chi connectivity index (χ3v) is 5.03. The number of aromatic nitrogens is 4. The number of halogens is 4. The Hall–Kier alpha value is -3.38. The van der Waals surface area contributed by atoms with Gasteiger partial charge in [0.1, 0.15) is 11.0 Å². The van der Waals surface area contributed by atoms with Crippen LogP contribution in [0.5, 0.6) is 0 Å². The van der Waals surface area contributed by atoms with Crippen LogP contribution in [0.15, 0.2) is 51.1 Å². The molecular weight excluding hydrogens is 456 g/mol. The first-order chi connectivity index (χ1) is 14.9. The van der Waals surface area contributed by atoms with Gasteiger partial charge in [0.2, 0.25) is 0 Å². The SMILES string of the molecule is Fc1ccc2[nH]c(=S)[nH]c2c1F.O=Cc1ccc(Sc2nc3c(F)c(F)ccc3[nH]2)o1. The number of furan rings is 1. The number of carbonyl (C=O) groups excluding carboxylic acids is 1. The summed E-state index contributed by atoms with van der Waals surface area (Å²) in [4.78, 5) is 22.5. The predicted molar refractivity (Wildman–Crippen MR) is 108 cm³/mol. The van der Waals surface area contributed by atoms with Gasteiger partial charge in [-0.3, -0.25) is 4.79 Å². The maximum absolute atomic E-state index is 13.5. The van der Waals surface area contributed by atoms with Crippen molar-refractivity contribution in [3.05, 3.63) is 70.2 Å². The Morgan fingerprint density at radius 1 is 0.903 bits per heavy atom. The summed E-state index contributed by atoms with van der Waals surface area (Å²) < 4.78 is 57.5. The van der Waals surface area contributed by atoms with Gasteiger partial charge in [0.15, 0.2) is 50.3 Å². The molecule has 5 aromatic rings. The number of imidazole rings is 2. The van der Waals surface area contributed by atoms with E-state index in [9.17, 15) is 22.4 Å². The minimum absolute atomic E-state index is 0.0651. The Bertz CT molecular complexity index is 1470. The van der Waals surface area contributed by atoms with Gasteiger partial charge in [-0.1, -0.05) is 0 Å². The standard InChI is InChI=1S/C12H6F2N2O2S.C7H4F2N2S/c13-7-2-3-8-11(10(7)14)16-12(15-8)19-9-4-1-6(5-17)18-9;8-3-1-2-4-6(5(3)9)11-7(12)10-4/h1-5H,(H,15,16);1-2H,(H2,10,11,12). The maximum atomic E-state index is 13.5. The first kappa shape index (κ1) is 20.9. The monoisotopic (exact) mass is 466 g/mol. The number of carbonyl (C=O) groups is 1. The molecule has 158 valence electrons. The summed E-state index contributed by atoms with van der Waals surface area (Å²) in [5, 5.41) is 0.785. The maximum Gasteiger partial charge on any atom is 0.186 e. The molecule has 0 aliphatic heterocycles. The molecule has 0 amide bonds. The second-order valence-corrected chi connectivity index (χ2v) is 7.44. The van der Waals surface area contributed by atoms with E-state index in [0.29, 0.717) is 27.6 Å². The van der Waals surface area contributed by atoms with Gasteiger partial charge in [-0.15, -0.1) is 0 Å². The number of aromatic amines is 3. The van der Waals surface area contributed by atoms with Gasteiger partial charge >= 0.3 is 0 Å². The largest absolute Gasteiger partial charge is 0.447 e. The third-order valence-electron chi connectivity index (χ3n) is 4.02. The molecule has 0 aliphatic carbocycles. The molecule has 0 saturated heterocycles. The molecule has 0 aliphatic rings. The summed E-state index contributed by atoms with van der Waals surface area (Å²) in [5.41, 5.74) is 0.882. The van der Waals surface area contributed by atoms with E-state index in [2.05, 4.69) is 19.9 Å². The van der Waals surface area contributed by atoms with Gasteiger partial charge in [0.25, 0.3) is 0 Å². The fourth-order valence-corrected chi connectivity index (χ4v) is 3.61. The molecule has 31 heavy (non-hydrogen) atoms. The highest BCUT2D eigenvalue weighted by Crippen LogP contribution is 2.29. The number of aldehydes is 1. The van der Waals surface area contributed by atoms with Crippen molar-refractivity contribution >= 4 is 52.3 Å². The number of nitrogens with zero attached hydrogens (tertiary/aromatic N) is 1. The van der Waals surface area contributed by atoms with E-state index in [4.69, 9.17) is 16.6 Å². The number of H-pyrrole nitrogens is 3. The molecule has 0 spiro atoms. The van der Waals surface area contributed by atoms with Crippen molar-refractivity contribution in [1.29, 1.82) is 0 Å². The van der Waals surface area contributed by atoms with Crippen LogP contribution in [-0.2, 0) is 0 Å². The number of hydrogen-bond acceptors (Lipinski definition) is 5. The van der Waals surface area contributed by atoms with Crippen molar-refractivity contribution in [2.45, 2.75) is 10.2 Å². The first-order valence-corrected chi connectivity index (χ1v) is 9.70. The minimum atomic E-state index is -0.992. The summed E-state index contributed by atoms with van der Waals surface area (Å²) in [6.07, 6.45) is 0.581. The molecule has 3 N–H and O–H groups in total. The van der Waals surface area contributed by atoms with Crippen LogP contribution in [0.25, 0.3) is 22.1 Å². The molecule has 3 heterocycles. The van der Waals surface area contributed by atoms with E-state index in [1.54, 1.807) is 6.07 Å². The van der Waals surface area contributed by atoms with Crippen LogP contribution < -0.4 is 0 Å². The highest BCUT2D eigenvalue weighted by Gasteiger charge is 2.13. The van der Waals surface area contributed by atoms with E-state index >= 15 is 0 Å². The quantitative estimate of drug-likeness (QED) is 0.175. The summed E-state index contributed by atoms with van der Waals surface area (Å²) in [7, 11) is 0. The molecular formula is C19H10F4N4O2S2. The van der Waals surface area contributed by atoms with Crippen molar-refractivity contribution in [3.8, 4) is 0 Å². The normalized spacial score (nSPS) is 11.0. The molecule has 3 aromatic heterocycles. The fraction of sp³-hybridized carbons (Fsp3) is 0. The molecule has 0 saturated carbocycles. The molecule has 0 radical (unpaired) electrons. The lowest BCUT2D eigenvalue weighted by Gasteiger charge is -1.91. The van der Waals surface area contributed by atoms with Gasteiger partial charge < -0.3 is 19.4 Å². The Morgan fingerprint density at radius 2 is 1.61 bits per heavy atom. The van der Waals surface area contributed by atoms with Crippen LogP contribution in [0.2, 0.25) is 0 Å². The number of benzene rings is 2. The number of hydrogen-bond donors (Lipinski definition) is 3. The Kier molecular flexibility index (Phi) is 5.65. The van der Waals surface area contributed by atoms with Crippen LogP contribution in [0.1, 0.15) is 10.6 Å². The molecule has 0 unspecified atom stereocenters. The summed E-state index contributed by atoms with van der Waals surface area (Å²) >= 11 is 5.80. The minimum Gasteiger partial charge on any atom is -0.447 e. The van der Waals surface area contributed by atoms with Crippen molar-refractivity contribution in [1.82, 2.24) is 19.9 Å². The summed E-state index contributed by atoms with van der Waals surface area (Å²) in [6.45, 7) is 0. The zero-order chi connectivity index (χ0) is 22.1. The Morgan fingerprint density at radius 3 is 2.32 bits per heavy atom. The molecule has 12 heteroatoms. The van der Waals surface area contributed by atoms with E-state index in [1.165, 1.54) is 18.2 Å². The van der Waals surface area contributed by atoms with Crippen LogP contribution in [-0.4, -0.2) is 26.2 Å². The fourth-order valence-electron chi connectivity index (χ4n) is 2.64. The molecule has 2 aromatic carbocycles. The van der Waals surface area contributed by atoms with Gasteiger partial charge in [-0.2, -0.15) is 0 Å². The second-order valence-electron chi connectivity index (χ2n) is 6.04. The molecule has 6 nitrogen and oxygen atoms in total. The highest BCUT2D eigenvalue weighted by molar-refractivity contribution is 7.99. The molecule has 0 bridgehead atoms. The van der Waals surface area contributed by atoms with Crippen LogP contribution in [0.3, 0.4) is 0 Å². The van der Waals surface area contributed by atoms with Gasteiger partial charge in [0, 0.05) is 0 Å². The zero-order valence-electron chi connectivity index (χ0n) is 15.1. The molecule has 5 rings (SSSR count). The Labute approximate surface area is 179 Å². The van der Waals surface area contributed by atoms with Crippen molar-refractivity contribution < 1.29 is 26.8 Å². The van der Waals surface area contributed by atoms with Crippen LogP contribution in [0.4, 0.5) is 17.6 Å². The van der Waals surface area contributed by atoms with E-state index < -0.39 is 23.3 Å². The van der Waals surface area contributed by atoms with Crippen molar-refractivity contribution in [2.24, 2.45) is 0 Å². The first-order valence-electron chi connectivity index (χ1n) is 8.48. The summed E-state index contributed by atoms with van der Waals surface area (Å²) in [5.74, 6) is -3.53. The number of nitrogens with one attached hydrogen (secondary N) is 3. The van der Waals surface area contributed by atoms with E-state index in [-0.39, 0.29) is 21.6 Å². The lowest BCUT2D eigenvalue weighted by molar-refractivity contribution is 0.109. The zero-order valence-corrected chi connectivity index (χ0v) is 16.8. The van der Waals surface area contributed by atoms with Crippen LogP contribution in [0, 0.1) is 28.0 Å². The lowest BCUT2D eigenvalue weighted by Crippen LogP contribution is -1.84. The van der Waals surface area contributed by atoms with Crippen LogP contribution >= 0.6 is 24.0 Å². The van der Waals surface area contributed by atoms with Gasteiger partial charge in [-0.05, 0) is 60.4 Å². The lowest BCUT2D eigenvalue weighted by atomic mass is 10.3. The molecule has 0 atom stereocenters. The van der Waals surface area contributed by atoms with Gasteiger partial charge in [-0.25, -0.2) is 22.5 Å². The average molecular weight is 466 g/mol. The molecule has 0 fully saturated rings. The van der Waals surface area contributed by atoms with Crippen molar-refractivity contribution in [3.63, 3.8) is 0 Å². The van der Waals surface area contributed by atoms with Gasteiger partial charge in [0.05, 0.1) is 11.0 Å². The summed E-state index contributed by atoms with van der Waals surface area (Å²) in [6, 6.07) is 8.03. The topological polar surface area (TPSA) is 90.5 Å². The Balaban J connectivity index is 0.000000166. The highest BCUT2D eigenvalue weighted by atomic mass is 32.2. The smallest absolute Gasteiger partial charge is 0.186 e. The van der Waals surface area contributed by atoms with Crippen molar-refractivity contribution in [2.75, 3.05) is 0 Å². The number of rotatable bonds is 3. The number of fused-ring (bicyclic) bond motifs is 2. The van der Waals surface area contributed by atoms with E-state index in [0.717, 1.165) is 23.9 Å².